The van der Waals surface area contributed by atoms with Gasteiger partial charge in [-0.3, -0.25) is 14.7 Å². The van der Waals surface area contributed by atoms with Crippen molar-refractivity contribution in [3.05, 3.63) is 35.7 Å². The molecule has 0 aliphatic heterocycles. The van der Waals surface area contributed by atoms with Crippen LogP contribution in [-0.4, -0.2) is 38.0 Å². The Hall–Kier alpha value is -2.35. The Balaban J connectivity index is 1.71. The predicted octanol–water partition coefficient (Wildman–Crippen LogP) is 2.35. The highest BCUT2D eigenvalue weighted by Crippen LogP contribution is 2.27. The third-order valence-corrected chi connectivity index (χ3v) is 4.99. The minimum Gasteiger partial charge on any atom is -0.335 e. The molecular weight excluding hydrogens is 338 g/mol. The lowest BCUT2D eigenvalue weighted by atomic mass is 10.2. The van der Waals surface area contributed by atoms with E-state index in [2.05, 4.69) is 20.8 Å². The molecule has 0 bridgehead atoms. The maximum Gasteiger partial charge on any atom is 0.321 e. The number of carbonyl (C=O) groups is 2. The molecule has 7 nitrogen and oxygen atoms in total. The molecule has 1 atom stereocenters. The monoisotopic (exact) mass is 359 g/mol. The van der Waals surface area contributed by atoms with Gasteiger partial charge in [-0.25, -0.2) is 4.79 Å². The molecule has 8 heteroatoms. The highest BCUT2D eigenvalue weighted by Gasteiger charge is 2.26. The van der Waals surface area contributed by atoms with Gasteiger partial charge in [-0.15, -0.1) is 10.2 Å². The average Bonchev–Trinajstić information content (AvgIpc) is 3.30. The lowest BCUT2D eigenvalue weighted by Crippen LogP contribution is -2.43. The number of nitrogens with one attached hydrogen (secondary N) is 2. The summed E-state index contributed by atoms with van der Waals surface area (Å²) in [7, 11) is 0. The van der Waals surface area contributed by atoms with Crippen molar-refractivity contribution in [2.24, 2.45) is 0 Å². The Labute approximate surface area is 150 Å². The summed E-state index contributed by atoms with van der Waals surface area (Å²) in [6.07, 6.45) is 1.95. The molecule has 1 aliphatic rings. The lowest BCUT2D eigenvalue weighted by Gasteiger charge is -2.14. The SMILES string of the molecule is Cc1ccccc1-n1c(C)nnc1SC(C)C(=O)NC(=O)NC1CC1. The molecule has 1 unspecified atom stereocenters. The van der Waals surface area contributed by atoms with Crippen LogP contribution >= 0.6 is 11.8 Å². The third kappa shape index (κ3) is 4.19. The lowest BCUT2D eigenvalue weighted by molar-refractivity contribution is -0.119. The Bertz CT molecular complexity index is 800. The van der Waals surface area contributed by atoms with Crippen LogP contribution in [0.3, 0.4) is 0 Å². The van der Waals surface area contributed by atoms with E-state index >= 15 is 0 Å². The van der Waals surface area contributed by atoms with Crippen LogP contribution in [0.25, 0.3) is 5.69 Å². The molecule has 2 N–H and O–H groups in total. The quantitative estimate of drug-likeness (QED) is 0.800. The van der Waals surface area contributed by atoms with Crippen molar-refractivity contribution in [3.63, 3.8) is 0 Å². The largest absolute Gasteiger partial charge is 0.335 e. The number of carbonyl (C=O) groups excluding carboxylic acids is 2. The minimum absolute atomic E-state index is 0.211. The maximum atomic E-state index is 12.2. The first kappa shape index (κ1) is 17.5. The Morgan fingerprint density at radius 1 is 1.24 bits per heavy atom. The minimum atomic E-state index is -0.476. The summed E-state index contributed by atoms with van der Waals surface area (Å²) in [4.78, 5) is 23.9. The van der Waals surface area contributed by atoms with Crippen LogP contribution < -0.4 is 10.6 Å². The smallest absolute Gasteiger partial charge is 0.321 e. The van der Waals surface area contributed by atoms with E-state index in [9.17, 15) is 9.59 Å². The fraction of sp³-hybridized carbons (Fsp3) is 0.412. The van der Waals surface area contributed by atoms with Gasteiger partial charge in [0.15, 0.2) is 5.16 Å². The number of amides is 3. The number of aromatic nitrogens is 3. The third-order valence-electron chi connectivity index (χ3n) is 3.95. The Morgan fingerprint density at radius 3 is 2.64 bits per heavy atom. The first-order valence-electron chi connectivity index (χ1n) is 8.21. The molecule has 25 heavy (non-hydrogen) atoms. The van der Waals surface area contributed by atoms with Crippen molar-refractivity contribution in [1.82, 2.24) is 25.4 Å². The number of hydrogen-bond donors (Lipinski definition) is 2. The van der Waals surface area contributed by atoms with Gasteiger partial charge in [0.05, 0.1) is 10.9 Å². The number of thioether (sulfide) groups is 1. The summed E-state index contributed by atoms with van der Waals surface area (Å²) in [5.74, 6) is 0.399. The van der Waals surface area contributed by atoms with Gasteiger partial charge in [0, 0.05) is 6.04 Å². The van der Waals surface area contributed by atoms with E-state index in [0.717, 1.165) is 29.9 Å². The van der Waals surface area contributed by atoms with Gasteiger partial charge < -0.3 is 5.32 Å². The van der Waals surface area contributed by atoms with Crippen molar-refractivity contribution in [1.29, 1.82) is 0 Å². The van der Waals surface area contributed by atoms with E-state index < -0.39 is 11.3 Å². The summed E-state index contributed by atoms with van der Waals surface area (Å²) in [6.45, 7) is 5.63. The van der Waals surface area contributed by atoms with E-state index in [4.69, 9.17) is 0 Å². The van der Waals surface area contributed by atoms with Crippen molar-refractivity contribution >= 4 is 23.7 Å². The molecule has 3 amide bonds. The Morgan fingerprint density at radius 2 is 1.96 bits per heavy atom. The molecule has 1 aromatic heterocycles. The van der Waals surface area contributed by atoms with Crippen LogP contribution in [0.5, 0.6) is 0 Å². The summed E-state index contributed by atoms with van der Waals surface area (Å²) >= 11 is 1.28. The number of nitrogens with zero attached hydrogens (tertiary/aromatic N) is 3. The summed E-state index contributed by atoms with van der Waals surface area (Å²) < 4.78 is 1.92. The number of rotatable bonds is 5. The predicted molar refractivity (Wildman–Crippen MR) is 95.8 cm³/mol. The van der Waals surface area contributed by atoms with Crippen molar-refractivity contribution in [2.45, 2.75) is 50.1 Å². The molecule has 132 valence electrons. The molecule has 0 spiro atoms. The number of para-hydroxylation sites is 1. The topological polar surface area (TPSA) is 88.9 Å². The zero-order valence-corrected chi connectivity index (χ0v) is 15.3. The van der Waals surface area contributed by atoms with Gasteiger partial charge in [0.1, 0.15) is 5.82 Å². The van der Waals surface area contributed by atoms with E-state index in [1.165, 1.54) is 11.8 Å². The van der Waals surface area contributed by atoms with Crippen LogP contribution in [0.4, 0.5) is 4.79 Å². The maximum absolute atomic E-state index is 12.2. The number of benzene rings is 1. The van der Waals surface area contributed by atoms with Gasteiger partial charge >= 0.3 is 6.03 Å². The van der Waals surface area contributed by atoms with Crippen LogP contribution in [-0.2, 0) is 4.79 Å². The number of hydrogen-bond acceptors (Lipinski definition) is 5. The van der Waals surface area contributed by atoms with E-state index in [1.807, 2.05) is 42.7 Å². The second-order valence-corrected chi connectivity index (χ2v) is 7.46. The molecular formula is C17H21N5O2S. The van der Waals surface area contributed by atoms with Crippen LogP contribution in [0, 0.1) is 13.8 Å². The van der Waals surface area contributed by atoms with Gasteiger partial charge in [-0.2, -0.15) is 0 Å². The number of aryl methyl sites for hydroxylation is 2. The normalized spacial score (nSPS) is 14.8. The summed E-state index contributed by atoms with van der Waals surface area (Å²) in [6, 6.07) is 7.71. The highest BCUT2D eigenvalue weighted by molar-refractivity contribution is 8.00. The number of urea groups is 1. The van der Waals surface area contributed by atoms with Gasteiger partial charge in [0.25, 0.3) is 0 Å². The van der Waals surface area contributed by atoms with E-state index in [1.54, 1.807) is 6.92 Å². The highest BCUT2D eigenvalue weighted by atomic mass is 32.2. The molecule has 1 heterocycles. The molecule has 1 saturated carbocycles. The molecule has 3 rings (SSSR count). The van der Waals surface area contributed by atoms with Gasteiger partial charge in [-0.1, -0.05) is 30.0 Å². The summed E-state index contributed by atoms with van der Waals surface area (Å²) in [5, 5.41) is 13.6. The van der Waals surface area contributed by atoms with Crippen molar-refractivity contribution in [3.8, 4) is 5.69 Å². The second-order valence-electron chi connectivity index (χ2n) is 6.15. The van der Waals surface area contributed by atoms with Crippen molar-refractivity contribution in [2.75, 3.05) is 0 Å². The molecule has 1 aromatic carbocycles. The van der Waals surface area contributed by atoms with Gasteiger partial charge in [-0.05, 0) is 45.2 Å². The molecule has 2 aromatic rings. The van der Waals surface area contributed by atoms with E-state index in [-0.39, 0.29) is 11.9 Å². The fourth-order valence-corrected chi connectivity index (χ4v) is 3.29. The van der Waals surface area contributed by atoms with Crippen LogP contribution in [0.1, 0.15) is 31.2 Å². The van der Waals surface area contributed by atoms with Crippen LogP contribution in [0.2, 0.25) is 0 Å². The average molecular weight is 359 g/mol. The molecule has 0 radical (unpaired) electrons. The van der Waals surface area contributed by atoms with Crippen LogP contribution in [0.15, 0.2) is 29.4 Å². The summed E-state index contributed by atoms with van der Waals surface area (Å²) in [5.41, 5.74) is 2.07. The molecule has 0 saturated heterocycles. The Kier molecular flexibility index (Phi) is 5.08. The zero-order chi connectivity index (χ0) is 18.0. The first-order valence-corrected chi connectivity index (χ1v) is 9.09. The molecule has 1 aliphatic carbocycles. The molecule has 1 fully saturated rings. The van der Waals surface area contributed by atoms with E-state index in [0.29, 0.717) is 5.16 Å². The standard InChI is InChI=1S/C17H21N5O2S/c1-10-6-4-5-7-14(10)22-12(3)20-21-17(22)25-11(2)15(23)19-16(24)18-13-8-9-13/h4-7,11,13H,8-9H2,1-3H3,(H2,18,19,23,24). The van der Waals surface area contributed by atoms with Crippen molar-refractivity contribution < 1.29 is 9.59 Å². The first-order chi connectivity index (χ1) is 12.0. The number of imide groups is 1. The zero-order valence-electron chi connectivity index (χ0n) is 14.4. The second kappa shape index (κ2) is 7.26. The fourth-order valence-electron chi connectivity index (χ4n) is 2.39. The van der Waals surface area contributed by atoms with Gasteiger partial charge in [0.2, 0.25) is 5.91 Å².